The zero-order valence-corrected chi connectivity index (χ0v) is 15.3. The summed E-state index contributed by atoms with van der Waals surface area (Å²) >= 11 is 0. The van der Waals surface area contributed by atoms with Gasteiger partial charge in [0.1, 0.15) is 11.3 Å². The number of carbonyl (C=O) groups excluding carboxylic acids is 1. The second-order valence-corrected chi connectivity index (χ2v) is 6.14. The second-order valence-electron chi connectivity index (χ2n) is 6.14. The molecule has 3 aromatic heterocycles. The number of rotatable bonds is 5. The Bertz CT molecular complexity index is 1090. The van der Waals surface area contributed by atoms with Gasteiger partial charge in [-0.05, 0) is 38.1 Å². The Kier molecular flexibility index (Phi) is 4.67. The molecule has 8 heteroatoms. The van der Waals surface area contributed by atoms with Crippen LogP contribution in [0, 0.1) is 6.92 Å². The molecule has 0 aliphatic rings. The minimum absolute atomic E-state index is 0.240. The van der Waals surface area contributed by atoms with Gasteiger partial charge in [0, 0.05) is 24.2 Å². The molecule has 28 heavy (non-hydrogen) atoms. The number of nitrogens with zero attached hydrogens (tertiary/aromatic N) is 5. The molecule has 4 rings (SSSR count). The molecular formula is C20H17N5O3. The van der Waals surface area contributed by atoms with Gasteiger partial charge in [-0.3, -0.25) is 4.98 Å². The van der Waals surface area contributed by atoms with E-state index in [-0.39, 0.29) is 5.89 Å². The van der Waals surface area contributed by atoms with Crippen LogP contribution in [0.5, 0.6) is 0 Å². The third-order valence-corrected chi connectivity index (χ3v) is 4.06. The van der Waals surface area contributed by atoms with Crippen LogP contribution >= 0.6 is 0 Å². The number of aromatic nitrogens is 5. The van der Waals surface area contributed by atoms with Crippen LogP contribution in [0.25, 0.3) is 16.9 Å². The Morgan fingerprint density at radius 2 is 2.00 bits per heavy atom. The number of para-hydroxylation sites is 1. The van der Waals surface area contributed by atoms with Gasteiger partial charge in [0.25, 0.3) is 5.89 Å². The first-order chi connectivity index (χ1) is 13.6. The SMILES string of the molecule is Cc1noc([C@H](C)OC(=O)c2cn(-c3ccccc3)nc2-c2cccnc2)n1. The minimum atomic E-state index is -0.685. The van der Waals surface area contributed by atoms with Gasteiger partial charge in [-0.25, -0.2) is 9.48 Å². The second kappa shape index (κ2) is 7.43. The lowest BCUT2D eigenvalue weighted by Crippen LogP contribution is -2.10. The smallest absolute Gasteiger partial charge is 0.342 e. The topological polar surface area (TPSA) is 95.9 Å². The van der Waals surface area contributed by atoms with E-state index in [2.05, 4.69) is 20.2 Å². The van der Waals surface area contributed by atoms with E-state index < -0.39 is 12.1 Å². The average molecular weight is 375 g/mol. The van der Waals surface area contributed by atoms with Gasteiger partial charge in [0.2, 0.25) is 0 Å². The molecular weight excluding hydrogens is 358 g/mol. The Hall–Kier alpha value is -3.81. The molecule has 0 amide bonds. The quantitative estimate of drug-likeness (QED) is 0.492. The molecule has 1 aromatic carbocycles. The molecule has 0 unspecified atom stereocenters. The van der Waals surface area contributed by atoms with E-state index in [1.807, 2.05) is 36.4 Å². The first kappa shape index (κ1) is 17.6. The van der Waals surface area contributed by atoms with Crippen LogP contribution in [-0.2, 0) is 4.74 Å². The normalized spacial score (nSPS) is 11.9. The largest absolute Gasteiger partial charge is 0.449 e. The summed E-state index contributed by atoms with van der Waals surface area (Å²) in [6.45, 7) is 3.38. The minimum Gasteiger partial charge on any atom is -0.449 e. The first-order valence-corrected chi connectivity index (χ1v) is 8.68. The lowest BCUT2D eigenvalue weighted by molar-refractivity contribution is 0.0266. The van der Waals surface area contributed by atoms with Crippen molar-refractivity contribution in [2.75, 3.05) is 0 Å². The van der Waals surface area contributed by atoms with Gasteiger partial charge in [-0.15, -0.1) is 0 Å². The molecule has 0 fully saturated rings. The number of benzene rings is 1. The van der Waals surface area contributed by atoms with Gasteiger partial charge in [-0.2, -0.15) is 10.1 Å². The molecule has 0 aliphatic heterocycles. The Labute approximate surface area is 160 Å². The monoisotopic (exact) mass is 375 g/mol. The molecule has 1 atom stereocenters. The third kappa shape index (κ3) is 3.52. The maximum absolute atomic E-state index is 12.9. The van der Waals surface area contributed by atoms with Crippen molar-refractivity contribution in [2.24, 2.45) is 0 Å². The van der Waals surface area contributed by atoms with Gasteiger partial charge in [-0.1, -0.05) is 23.4 Å². The van der Waals surface area contributed by atoms with Crippen molar-refractivity contribution < 1.29 is 14.1 Å². The summed E-state index contributed by atoms with van der Waals surface area (Å²) < 4.78 is 12.3. The fourth-order valence-corrected chi connectivity index (χ4v) is 2.71. The van der Waals surface area contributed by atoms with Gasteiger partial charge in [0.05, 0.1) is 5.69 Å². The highest BCUT2D eigenvalue weighted by Gasteiger charge is 2.24. The van der Waals surface area contributed by atoms with Crippen LogP contribution in [0.4, 0.5) is 0 Å². The van der Waals surface area contributed by atoms with Crippen LogP contribution in [0.1, 0.15) is 35.1 Å². The highest BCUT2D eigenvalue weighted by Crippen LogP contribution is 2.26. The van der Waals surface area contributed by atoms with Crippen LogP contribution in [-0.4, -0.2) is 30.9 Å². The Morgan fingerprint density at radius 1 is 1.18 bits per heavy atom. The molecule has 0 radical (unpaired) electrons. The molecule has 4 aromatic rings. The molecule has 0 saturated heterocycles. The summed E-state index contributed by atoms with van der Waals surface area (Å²) in [5, 5.41) is 8.30. The van der Waals surface area contributed by atoms with Crippen molar-refractivity contribution in [2.45, 2.75) is 20.0 Å². The molecule has 0 aliphatic carbocycles. The number of carbonyl (C=O) groups is 1. The van der Waals surface area contributed by atoms with Crippen molar-refractivity contribution in [1.29, 1.82) is 0 Å². The number of aryl methyl sites for hydroxylation is 1. The van der Waals surface area contributed by atoms with Crippen LogP contribution < -0.4 is 0 Å². The zero-order chi connectivity index (χ0) is 19.5. The Morgan fingerprint density at radius 3 is 2.68 bits per heavy atom. The van der Waals surface area contributed by atoms with Crippen LogP contribution in [0.3, 0.4) is 0 Å². The molecule has 0 spiro atoms. The van der Waals surface area contributed by atoms with E-state index in [0.717, 1.165) is 5.69 Å². The van der Waals surface area contributed by atoms with Crippen molar-refractivity contribution in [3.05, 3.63) is 78.3 Å². The first-order valence-electron chi connectivity index (χ1n) is 8.68. The summed E-state index contributed by atoms with van der Waals surface area (Å²) in [6.07, 6.45) is 4.27. The number of esters is 1. The maximum atomic E-state index is 12.9. The van der Waals surface area contributed by atoms with E-state index in [9.17, 15) is 4.79 Å². The van der Waals surface area contributed by atoms with E-state index in [1.54, 1.807) is 43.2 Å². The number of ether oxygens (including phenoxy) is 1. The lowest BCUT2D eigenvalue weighted by Gasteiger charge is -2.08. The molecule has 0 bridgehead atoms. The standard InChI is InChI=1S/C20H17N5O3/c1-13(19-22-14(2)24-28-19)27-20(26)17-12-25(16-8-4-3-5-9-16)23-18(17)15-7-6-10-21-11-15/h3-13H,1-2H3/t13-/m0/s1. The molecule has 3 heterocycles. The fraction of sp³-hybridized carbons (Fsp3) is 0.150. The van der Waals surface area contributed by atoms with Crippen molar-refractivity contribution >= 4 is 5.97 Å². The average Bonchev–Trinajstić information content (AvgIpc) is 3.36. The summed E-state index contributed by atoms with van der Waals surface area (Å²) in [5.41, 5.74) is 2.34. The van der Waals surface area contributed by atoms with Crippen molar-refractivity contribution in [1.82, 2.24) is 24.9 Å². The summed E-state index contributed by atoms with van der Waals surface area (Å²) in [6, 6.07) is 13.1. The summed E-state index contributed by atoms with van der Waals surface area (Å²) in [5.74, 6) is 0.180. The van der Waals surface area contributed by atoms with E-state index in [1.165, 1.54) is 0 Å². The highest BCUT2D eigenvalue weighted by atomic mass is 16.6. The fourth-order valence-electron chi connectivity index (χ4n) is 2.71. The molecule has 140 valence electrons. The van der Waals surface area contributed by atoms with Gasteiger partial charge >= 0.3 is 5.97 Å². The summed E-state index contributed by atoms with van der Waals surface area (Å²) in [4.78, 5) is 21.1. The number of hydrogen-bond acceptors (Lipinski definition) is 7. The Balaban J connectivity index is 1.70. The highest BCUT2D eigenvalue weighted by molar-refractivity contribution is 5.96. The predicted octanol–water partition coefficient (Wildman–Crippen LogP) is 3.54. The maximum Gasteiger partial charge on any atom is 0.342 e. The van der Waals surface area contributed by atoms with E-state index in [4.69, 9.17) is 9.26 Å². The molecule has 0 N–H and O–H groups in total. The molecule has 8 nitrogen and oxygen atoms in total. The van der Waals surface area contributed by atoms with E-state index in [0.29, 0.717) is 22.6 Å². The lowest BCUT2D eigenvalue weighted by atomic mass is 10.1. The number of hydrogen-bond donors (Lipinski definition) is 0. The predicted molar refractivity (Wildman–Crippen MR) is 99.7 cm³/mol. The summed E-state index contributed by atoms with van der Waals surface area (Å²) in [7, 11) is 0. The molecule has 0 saturated carbocycles. The zero-order valence-electron chi connectivity index (χ0n) is 15.3. The van der Waals surface area contributed by atoms with Crippen molar-refractivity contribution in [3.8, 4) is 16.9 Å². The van der Waals surface area contributed by atoms with Crippen LogP contribution in [0.15, 0.2) is 65.6 Å². The van der Waals surface area contributed by atoms with Gasteiger partial charge < -0.3 is 9.26 Å². The van der Waals surface area contributed by atoms with Crippen LogP contribution in [0.2, 0.25) is 0 Å². The van der Waals surface area contributed by atoms with Crippen molar-refractivity contribution in [3.63, 3.8) is 0 Å². The van der Waals surface area contributed by atoms with Gasteiger partial charge in [0.15, 0.2) is 11.9 Å². The number of pyridine rings is 1. The third-order valence-electron chi connectivity index (χ3n) is 4.06. The van der Waals surface area contributed by atoms with E-state index >= 15 is 0 Å².